The molecule has 3 nitrogen and oxygen atoms in total. The minimum Gasteiger partial charge on any atom is -0.338 e. The Hall–Kier alpha value is -1.42. The molecular weight excluding hydrogens is 279 g/mol. The maximum atomic E-state index is 12.9. The van der Waals surface area contributed by atoms with Gasteiger partial charge in [0.2, 0.25) is 5.91 Å². The van der Waals surface area contributed by atoms with Crippen molar-refractivity contribution in [3.05, 3.63) is 35.6 Å². The summed E-state index contributed by atoms with van der Waals surface area (Å²) in [7, 11) is 2.18. The van der Waals surface area contributed by atoms with Crippen LogP contribution in [0.4, 0.5) is 4.39 Å². The van der Waals surface area contributed by atoms with Crippen molar-refractivity contribution in [3.63, 3.8) is 0 Å². The van der Waals surface area contributed by atoms with Crippen LogP contribution in [0.2, 0.25) is 0 Å². The van der Waals surface area contributed by atoms with Gasteiger partial charge < -0.3 is 9.80 Å². The van der Waals surface area contributed by atoms with Gasteiger partial charge in [-0.3, -0.25) is 4.79 Å². The first-order chi connectivity index (χ1) is 10.6. The van der Waals surface area contributed by atoms with Crippen LogP contribution >= 0.6 is 0 Å². The Morgan fingerprint density at radius 2 is 1.82 bits per heavy atom. The van der Waals surface area contributed by atoms with E-state index in [4.69, 9.17) is 0 Å². The van der Waals surface area contributed by atoms with Crippen LogP contribution in [0.15, 0.2) is 24.3 Å². The molecule has 3 rings (SSSR count). The molecular formula is C18H25FN2O. The SMILES string of the molecule is CN1CCC[C@H]1[C@@H]1CCCN1C(=O)CCc1ccc(F)cc1. The van der Waals surface area contributed by atoms with E-state index in [0.29, 0.717) is 24.9 Å². The van der Waals surface area contributed by atoms with Gasteiger partial charge in [-0.2, -0.15) is 0 Å². The number of carbonyl (C=O) groups is 1. The van der Waals surface area contributed by atoms with Crippen molar-refractivity contribution < 1.29 is 9.18 Å². The second-order valence-corrected chi connectivity index (χ2v) is 6.61. The maximum absolute atomic E-state index is 12.9. The summed E-state index contributed by atoms with van der Waals surface area (Å²) in [6, 6.07) is 7.41. The lowest BCUT2D eigenvalue weighted by atomic mass is 10.0. The van der Waals surface area contributed by atoms with Crippen LogP contribution in [0.1, 0.15) is 37.7 Å². The van der Waals surface area contributed by atoms with Crippen LogP contribution < -0.4 is 0 Å². The molecule has 0 unspecified atom stereocenters. The third-order valence-corrected chi connectivity index (χ3v) is 5.18. The van der Waals surface area contributed by atoms with Crippen LogP contribution in [0.5, 0.6) is 0 Å². The highest BCUT2D eigenvalue weighted by Gasteiger charge is 2.37. The number of halogens is 1. The van der Waals surface area contributed by atoms with E-state index in [9.17, 15) is 9.18 Å². The Bertz CT molecular complexity index is 516. The van der Waals surface area contributed by atoms with E-state index < -0.39 is 0 Å². The Morgan fingerprint density at radius 1 is 1.14 bits per heavy atom. The second-order valence-electron chi connectivity index (χ2n) is 6.61. The molecule has 2 fully saturated rings. The van der Waals surface area contributed by atoms with E-state index >= 15 is 0 Å². The van der Waals surface area contributed by atoms with Gasteiger partial charge in [0.1, 0.15) is 5.82 Å². The number of hydrogen-bond acceptors (Lipinski definition) is 2. The van der Waals surface area contributed by atoms with Gasteiger partial charge in [0, 0.05) is 25.0 Å². The number of likely N-dealkylation sites (tertiary alicyclic amines) is 2. The fraction of sp³-hybridized carbons (Fsp3) is 0.611. The lowest BCUT2D eigenvalue weighted by molar-refractivity contribution is -0.132. The maximum Gasteiger partial charge on any atom is 0.223 e. The molecule has 0 aliphatic carbocycles. The molecule has 1 aromatic rings. The smallest absolute Gasteiger partial charge is 0.223 e. The van der Waals surface area contributed by atoms with E-state index in [1.165, 1.54) is 25.0 Å². The van der Waals surface area contributed by atoms with E-state index in [1.54, 1.807) is 12.1 Å². The topological polar surface area (TPSA) is 23.6 Å². The van der Waals surface area contributed by atoms with Crippen molar-refractivity contribution in [2.75, 3.05) is 20.1 Å². The first kappa shape index (κ1) is 15.5. The number of aryl methyl sites for hydroxylation is 1. The Kier molecular flexibility index (Phi) is 4.77. The van der Waals surface area contributed by atoms with E-state index in [1.807, 2.05) is 0 Å². The number of rotatable bonds is 4. The molecule has 4 heteroatoms. The molecule has 1 aromatic carbocycles. The molecule has 0 radical (unpaired) electrons. The largest absolute Gasteiger partial charge is 0.338 e. The molecule has 2 aliphatic rings. The van der Waals surface area contributed by atoms with Crippen molar-refractivity contribution in [3.8, 4) is 0 Å². The van der Waals surface area contributed by atoms with Gasteiger partial charge in [-0.1, -0.05) is 12.1 Å². The molecule has 22 heavy (non-hydrogen) atoms. The first-order valence-electron chi connectivity index (χ1n) is 8.39. The summed E-state index contributed by atoms with van der Waals surface area (Å²) in [5, 5.41) is 0. The third kappa shape index (κ3) is 3.32. The Morgan fingerprint density at radius 3 is 2.50 bits per heavy atom. The average molecular weight is 304 g/mol. The number of benzene rings is 1. The summed E-state index contributed by atoms with van der Waals surface area (Å²) in [5.41, 5.74) is 1.03. The van der Waals surface area contributed by atoms with Crippen LogP contribution in [-0.2, 0) is 11.2 Å². The highest BCUT2D eigenvalue weighted by molar-refractivity contribution is 5.77. The molecule has 2 heterocycles. The van der Waals surface area contributed by atoms with Crippen molar-refractivity contribution >= 4 is 5.91 Å². The van der Waals surface area contributed by atoms with Crippen LogP contribution in [0.25, 0.3) is 0 Å². The molecule has 0 saturated carbocycles. The Labute approximate surface area is 132 Å². The van der Waals surface area contributed by atoms with Crippen molar-refractivity contribution in [2.45, 2.75) is 50.6 Å². The van der Waals surface area contributed by atoms with Crippen LogP contribution in [-0.4, -0.2) is 47.9 Å². The standard InChI is InChI=1S/C18H25FN2O/c1-20-12-2-4-16(20)17-5-3-13-21(17)18(22)11-8-14-6-9-15(19)10-7-14/h6-7,9-10,16-17H,2-5,8,11-13H2,1H3/t16-,17-/m0/s1. The number of carbonyl (C=O) groups excluding carboxylic acids is 1. The zero-order valence-electron chi connectivity index (χ0n) is 13.3. The van der Waals surface area contributed by atoms with Crippen LogP contribution in [0, 0.1) is 5.82 Å². The molecule has 1 amide bonds. The molecule has 0 spiro atoms. The molecule has 2 saturated heterocycles. The van der Waals surface area contributed by atoms with E-state index in [-0.39, 0.29) is 11.7 Å². The zero-order chi connectivity index (χ0) is 15.5. The van der Waals surface area contributed by atoms with Gasteiger partial charge in [0.25, 0.3) is 0 Å². The summed E-state index contributed by atoms with van der Waals surface area (Å²) in [4.78, 5) is 17.1. The third-order valence-electron chi connectivity index (χ3n) is 5.18. The van der Waals surface area contributed by atoms with Crippen molar-refractivity contribution in [1.29, 1.82) is 0 Å². The first-order valence-corrected chi connectivity index (χ1v) is 8.39. The molecule has 0 aromatic heterocycles. The second kappa shape index (κ2) is 6.78. The van der Waals surface area contributed by atoms with E-state index in [2.05, 4.69) is 16.8 Å². The average Bonchev–Trinajstić information content (AvgIpc) is 3.14. The fourth-order valence-corrected chi connectivity index (χ4v) is 3.97. The van der Waals surface area contributed by atoms with Crippen LogP contribution in [0.3, 0.4) is 0 Å². The fourth-order valence-electron chi connectivity index (χ4n) is 3.97. The van der Waals surface area contributed by atoms with Gasteiger partial charge in [0.15, 0.2) is 0 Å². The van der Waals surface area contributed by atoms with E-state index in [0.717, 1.165) is 31.5 Å². The molecule has 0 N–H and O–H groups in total. The number of amides is 1. The molecule has 2 aliphatic heterocycles. The minimum absolute atomic E-state index is 0.223. The van der Waals surface area contributed by atoms with Crippen molar-refractivity contribution in [2.24, 2.45) is 0 Å². The summed E-state index contributed by atoms with van der Waals surface area (Å²) in [6.45, 7) is 2.05. The lowest BCUT2D eigenvalue weighted by Crippen LogP contribution is -2.47. The quantitative estimate of drug-likeness (QED) is 0.854. The number of nitrogens with zero attached hydrogens (tertiary/aromatic N) is 2. The normalized spacial score (nSPS) is 25.8. The molecule has 2 atom stereocenters. The summed E-state index contributed by atoms with van der Waals surface area (Å²) >= 11 is 0. The Balaban J connectivity index is 1.57. The highest BCUT2D eigenvalue weighted by Crippen LogP contribution is 2.29. The van der Waals surface area contributed by atoms with Gasteiger partial charge in [-0.05, 0) is 63.4 Å². The summed E-state index contributed by atoms with van der Waals surface area (Å²) in [6.07, 6.45) is 5.94. The summed E-state index contributed by atoms with van der Waals surface area (Å²) in [5.74, 6) is 0.0334. The predicted molar refractivity (Wildman–Crippen MR) is 85.1 cm³/mol. The molecule has 0 bridgehead atoms. The number of hydrogen-bond donors (Lipinski definition) is 0. The minimum atomic E-state index is -0.223. The van der Waals surface area contributed by atoms with Gasteiger partial charge >= 0.3 is 0 Å². The molecule has 120 valence electrons. The monoisotopic (exact) mass is 304 g/mol. The van der Waals surface area contributed by atoms with Gasteiger partial charge in [0.05, 0.1) is 0 Å². The highest BCUT2D eigenvalue weighted by atomic mass is 19.1. The number of likely N-dealkylation sites (N-methyl/N-ethyl adjacent to an activating group) is 1. The predicted octanol–water partition coefficient (Wildman–Crippen LogP) is 2.84. The van der Waals surface area contributed by atoms with Gasteiger partial charge in [-0.15, -0.1) is 0 Å². The van der Waals surface area contributed by atoms with Crippen molar-refractivity contribution in [1.82, 2.24) is 9.80 Å². The van der Waals surface area contributed by atoms with Gasteiger partial charge in [-0.25, -0.2) is 4.39 Å². The summed E-state index contributed by atoms with van der Waals surface area (Å²) < 4.78 is 12.9. The zero-order valence-corrected chi connectivity index (χ0v) is 13.3. The lowest BCUT2D eigenvalue weighted by Gasteiger charge is -2.33.